The average Bonchev–Trinajstić information content (AvgIpc) is 2.15. The van der Waals surface area contributed by atoms with E-state index in [1.54, 1.807) is 12.1 Å². The molecule has 1 rings (SSSR count). The summed E-state index contributed by atoms with van der Waals surface area (Å²) in [5.41, 5.74) is 0.803. The monoisotopic (exact) mass is 194 g/mol. The van der Waals surface area contributed by atoms with E-state index in [1.807, 2.05) is 18.2 Å². The van der Waals surface area contributed by atoms with Gasteiger partial charge in [0.1, 0.15) is 0 Å². The van der Waals surface area contributed by atoms with Gasteiger partial charge in [0.15, 0.2) is 0 Å². The van der Waals surface area contributed by atoms with Crippen molar-refractivity contribution < 1.29 is 20.2 Å². The van der Waals surface area contributed by atoms with Gasteiger partial charge >= 0.3 is 5.97 Å². The molecule has 1 aromatic rings. The van der Waals surface area contributed by atoms with Crippen molar-refractivity contribution in [3.63, 3.8) is 0 Å². The molecule has 0 aliphatic heterocycles. The van der Waals surface area contributed by atoms with Gasteiger partial charge in [0.05, 0.1) is 0 Å². The van der Waals surface area contributed by atoms with Crippen molar-refractivity contribution in [3.05, 3.63) is 42.0 Å². The number of carboxylic acids is 1. The standard InChI is InChI=1S/C10H8O3.H2O/c11-9(10(12)13)7-6-8-4-2-1-3-5-8;/h1-7H,(H,12,13);1H2. The first-order chi connectivity index (χ1) is 6.20. The number of aliphatic carboxylic acids is 1. The second kappa shape index (κ2) is 5.66. The molecule has 74 valence electrons. The molecule has 3 N–H and O–H groups in total. The van der Waals surface area contributed by atoms with Crippen molar-refractivity contribution in [2.75, 3.05) is 0 Å². The number of hydrogen-bond donors (Lipinski definition) is 1. The number of hydrogen-bond acceptors (Lipinski definition) is 2. The van der Waals surface area contributed by atoms with Gasteiger partial charge in [0.2, 0.25) is 0 Å². The van der Waals surface area contributed by atoms with Crippen LogP contribution in [0.4, 0.5) is 0 Å². The third-order valence-electron chi connectivity index (χ3n) is 1.44. The molecule has 4 heteroatoms. The van der Waals surface area contributed by atoms with Crippen molar-refractivity contribution in [1.29, 1.82) is 0 Å². The van der Waals surface area contributed by atoms with Crippen LogP contribution in [0.1, 0.15) is 5.56 Å². The normalized spacial score (nSPS) is 9.43. The van der Waals surface area contributed by atoms with Crippen LogP contribution >= 0.6 is 0 Å². The topological polar surface area (TPSA) is 85.9 Å². The summed E-state index contributed by atoms with van der Waals surface area (Å²) < 4.78 is 0. The lowest BCUT2D eigenvalue weighted by atomic mass is 10.2. The minimum Gasteiger partial charge on any atom is -0.475 e. The first-order valence-electron chi connectivity index (χ1n) is 3.70. The molecule has 14 heavy (non-hydrogen) atoms. The molecule has 0 unspecified atom stereocenters. The Morgan fingerprint density at radius 3 is 2.21 bits per heavy atom. The molecule has 0 bridgehead atoms. The van der Waals surface area contributed by atoms with Crippen molar-refractivity contribution in [1.82, 2.24) is 0 Å². The molecule has 4 nitrogen and oxygen atoms in total. The SMILES string of the molecule is O.O=C(O)C(=O)C=Cc1ccccc1. The zero-order valence-corrected chi connectivity index (χ0v) is 7.31. The Kier molecular flexibility index (Phi) is 4.88. The quantitative estimate of drug-likeness (QED) is 0.562. The predicted octanol–water partition coefficient (Wildman–Crippen LogP) is 0.529. The van der Waals surface area contributed by atoms with Crippen molar-refractivity contribution in [3.8, 4) is 0 Å². The zero-order valence-electron chi connectivity index (χ0n) is 7.31. The first-order valence-corrected chi connectivity index (χ1v) is 3.70. The van der Waals surface area contributed by atoms with E-state index < -0.39 is 11.8 Å². The predicted molar refractivity (Wildman–Crippen MR) is 51.7 cm³/mol. The highest BCUT2D eigenvalue weighted by atomic mass is 16.4. The van der Waals surface area contributed by atoms with E-state index in [4.69, 9.17) is 5.11 Å². The van der Waals surface area contributed by atoms with E-state index in [2.05, 4.69) is 0 Å². The van der Waals surface area contributed by atoms with E-state index in [1.165, 1.54) is 6.08 Å². The number of rotatable bonds is 3. The van der Waals surface area contributed by atoms with Crippen LogP contribution in [0.3, 0.4) is 0 Å². The lowest BCUT2D eigenvalue weighted by Crippen LogP contribution is -2.08. The Morgan fingerprint density at radius 2 is 1.71 bits per heavy atom. The van der Waals surface area contributed by atoms with Crippen LogP contribution in [0.2, 0.25) is 0 Å². The molecule has 0 spiro atoms. The lowest BCUT2D eigenvalue weighted by molar-refractivity contribution is -0.146. The molecule has 0 atom stereocenters. The van der Waals surface area contributed by atoms with Crippen LogP contribution in [0, 0.1) is 0 Å². The van der Waals surface area contributed by atoms with Gasteiger partial charge in [-0.2, -0.15) is 0 Å². The molecule has 1 aromatic carbocycles. The zero-order chi connectivity index (χ0) is 9.68. The highest BCUT2D eigenvalue weighted by molar-refractivity contribution is 6.38. The number of ketones is 1. The molecule has 0 fully saturated rings. The first kappa shape index (κ1) is 12.1. The minimum absolute atomic E-state index is 0. The Morgan fingerprint density at radius 1 is 1.14 bits per heavy atom. The van der Waals surface area contributed by atoms with Crippen molar-refractivity contribution >= 4 is 17.8 Å². The summed E-state index contributed by atoms with van der Waals surface area (Å²) in [6, 6.07) is 9.03. The number of carbonyl (C=O) groups excluding carboxylic acids is 1. The summed E-state index contributed by atoms with van der Waals surface area (Å²) in [6.45, 7) is 0. The van der Waals surface area contributed by atoms with Gasteiger partial charge in [-0.25, -0.2) is 4.79 Å². The maximum absolute atomic E-state index is 10.6. The number of carboxylic acid groups (broad SMARTS) is 1. The van der Waals surface area contributed by atoms with Crippen LogP contribution in [0.25, 0.3) is 6.08 Å². The Bertz CT molecular complexity index is 340. The van der Waals surface area contributed by atoms with Crippen LogP contribution in [0.5, 0.6) is 0 Å². The van der Waals surface area contributed by atoms with Crippen LogP contribution in [-0.4, -0.2) is 22.3 Å². The van der Waals surface area contributed by atoms with Crippen LogP contribution in [0.15, 0.2) is 36.4 Å². The highest BCUT2D eigenvalue weighted by Gasteiger charge is 2.04. The molecule has 0 saturated carbocycles. The van der Waals surface area contributed by atoms with Crippen molar-refractivity contribution in [2.24, 2.45) is 0 Å². The second-order valence-corrected chi connectivity index (χ2v) is 2.41. The summed E-state index contributed by atoms with van der Waals surface area (Å²) in [5.74, 6) is -2.35. The molecule has 0 saturated heterocycles. The van der Waals surface area contributed by atoms with Gasteiger partial charge in [0, 0.05) is 0 Å². The summed E-state index contributed by atoms with van der Waals surface area (Å²) in [5, 5.41) is 8.26. The molecule has 0 amide bonds. The van der Waals surface area contributed by atoms with Gasteiger partial charge in [-0.05, 0) is 11.6 Å². The Hall–Kier alpha value is -1.94. The second-order valence-electron chi connectivity index (χ2n) is 2.41. The van der Waals surface area contributed by atoms with Crippen LogP contribution < -0.4 is 0 Å². The van der Waals surface area contributed by atoms with Crippen LogP contribution in [-0.2, 0) is 9.59 Å². The molecule has 0 radical (unpaired) electrons. The lowest BCUT2D eigenvalue weighted by Gasteiger charge is -1.89. The summed E-state index contributed by atoms with van der Waals surface area (Å²) in [7, 11) is 0. The smallest absolute Gasteiger partial charge is 0.376 e. The van der Waals surface area contributed by atoms with Gasteiger partial charge in [-0.1, -0.05) is 36.4 Å². The van der Waals surface area contributed by atoms with E-state index in [0.29, 0.717) is 0 Å². The van der Waals surface area contributed by atoms with Gasteiger partial charge in [-0.3, -0.25) is 4.79 Å². The Balaban J connectivity index is 0.00000169. The number of carbonyl (C=O) groups is 2. The van der Waals surface area contributed by atoms with E-state index in [9.17, 15) is 9.59 Å². The summed E-state index contributed by atoms with van der Waals surface area (Å²) in [4.78, 5) is 20.7. The third kappa shape index (κ3) is 3.64. The minimum atomic E-state index is -1.44. The number of benzene rings is 1. The van der Waals surface area contributed by atoms with E-state index >= 15 is 0 Å². The maximum Gasteiger partial charge on any atom is 0.376 e. The molecule has 0 aliphatic rings. The van der Waals surface area contributed by atoms with Gasteiger partial charge in [-0.15, -0.1) is 0 Å². The Labute approximate surface area is 80.8 Å². The summed E-state index contributed by atoms with van der Waals surface area (Å²) >= 11 is 0. The van der Waals surface area contributed by atoms with E-state index in [0.717, 1.165) is 11.6 Å². The maximum atomic E-state index is 10.6. The van der Waals surface area contributed by atoms with Gasteiger partial charge < -0.3 is 10.6 Å². The molecule has 0 aromatic heterocycles. The molecular weight excluding hydrogens is 184 g/mol. The van der Waals surface area contributed by atoms with Gasteiger partial charge in [0.25, 0.3) is 5.78 Å². The van der Waals surface area contributed by atoms with E-state index in [-0.39, 0.29) is 5.48 Å². The largest absolute Gasteiger partial charge is 0.475 e. The highest BCUT2D eigenvalue weighted by Crippen LogP contribution is 2.00. The third-order valence-corrected chi connectivity index (χ3v) is 1.44. The fraction of sp³-hybridized carbons (Fsp3) is 0. The van der Waals surface area contributed by atoms with Crippen molar-refractivity contribution in [2.45, 2.75) is 0 Å². The molecule has 0 heterocycles. The molecule has 0 aliphatic carbocycles. The summed E-state index contributed by atoms with van der Waals surface area (Å²) in [6.07, 6.45) is 2.51. The molecular formula is C10H10O4. The fourth-order valence-electron chi connectivity index (χ4n) is 0.807. The fourth-order valence-corrected chi connectivity index (χ4v) is 0.807. The average molecular weight is 194 g/mol.